The molecule has 1 saturated heterocycles. The highest BCUT2D eigenvalue weighted by Gasteiger charge is 2.27. The fourth-order valence-electron chi connectivity index (χ4n) is 3.17. The number of hydrogen-bond donors (Lipinski definition) is 0. The number of benzene rings is 1. The molecular weight excluding hydrogens is 450 g/mol. The van der Waals surface area contributed by atoms with E-state index in [0.717, 1.165) is 12.8 Å². The number of ether oxygens (including phenoxy) is 4. The summed E-state index contributed by atoms with van der Waals surface area (Å²) in [5, 5.41) is 0. The Morgan fingerprint density at radius 1 is 0.939 bits per heavy atom. The van der Waals surface area contributed by atoms with Gasteiger partial charge in [0, 0.05) is 13.1 Å². The molecule has 1 fully saturated rings. The molecule has 188 valence electrons. The van der Waals surface area contributed by atoms with Crippen molar-refractivity contribution in [2.75, 3.05) is 52.7 Å². The number of carbonyl (C=O) groups excluding carboxylic acids is 1. The molecular formula is C23H37NO8S. The van der Waals surface area contributed by atoms with Gasteiger partial charge in [-0.1, -0.05) is 30.3 Å². The van der Waals surface area contributed by atoms with E-state index >= 15 is 0 Å². The summed E-state index contributed by atoms with van der Waals surface area (Å²) < 4.78 is 50.8. The molecule has 0 radical (unpaired) electrons. The van der Waals surface area contributed by atoms with Gasteiger partial charge in [-0.2, -0.15) is 8.42 Å². The Labute approximate surface area is 197 Å². The molecule has 2 rings (SSSR count). The predicted molar refractivity (Wildman–Crippen MR) is 123 cm³/mol. The van der Waals surface area contributed by atoms with Crippen LogP contribution in [-0.4, -0.2) is 83.8 Å². The third-order valence-corrected chi connectivity index (χ3v) is 5.94. The Bertz CT molecular complexity index is 786. The zero-order valence-electron chi connectivity index (χ0n) is 19.9. The number of rotatable bonds is 13. The van der Waals surface area contributed by atoms with E-state index in [4.69, 9.17) is 23.1 Å². The minimum Gasteiger partial charge on any atom is -0.444 e. The van der Waals surface area contributed by atoms with E-state index in [2.05, 4.69) is 0 Å². The molecule has 1 aromatic rings. The Morgan fingerprint density at radius 2 is 1.52 bits per heavy atom. The van der Waals surface area contributed by atoms with Crippen molar-refractivity contribution in [3.05, 3.63) is 35.9 Å². The molecule has 0 saturated carbocycles. The van der Waals surface area contributed by atoms with E-state index in [1.165, 1.54) is 0 Å². The first-order chi connectivity index (χ1) is 15.6. The van der Waals surface area contributed by atoms with Crippen LogP contribution < -0.4 is 0 Å². The maximum atomic E-state index is 12.1. The standard InChI is InChI=1S/C23H37NO8S/c1-23(2,3)32-22(25)24-11-9-21(10-12-24)30-17-15-28-13-14-29-16-18-31-33(26,27)19-20-7-5-4-6-8-20/h4-8,21H,9-19H2,1-3H3. The Morgan fingerprint density at radius 3 is 2.12 bits per heavy atom. The minimum atomic E-state index is -3.62. The van der Waals surface area contributed by atoms with Crippen LogP contribution in [0.2, 0.25) is 0 Å². The third kappa shape index (κ3) is 12.4. The smallest absolute Gasteiger partial charge is 0.410 e. The van der Waals surface area contributed by atoms with Crippen LogP contribution in [0.5, 0.6) is 0 Å². The summed E-state index contributed by atoms with van der Waals surface area (Å²) in [6, 6.07) is 8.88. The van der Waals surface area contributed by atoms with Crippen LogP contribution >= 0.6 is 0 Å². The third-order valence-electron chi connectivity index (χ3n) is 4.72. The number of hydrogen-bond acceptors (Lipinski definition) is 8. The summed E-state index contributed by atoms with van der Waals surface area (Å²) in [6.07, 6.45) is 1.38. The highest BCUT2D eigenvalue weighted by atomic mass is 32.2. The summed E-state index contributed by atoms with van der Waals surface area (Å²) in [6.45, 7) is 8.61. The monoisotopic (exact) mass is 487 g/mol. The zero-order valence-corrected chi connectivity index (χ0v) is 20.7. The summed E-state index contributed by atoms with van der Waals surface area (Å²) in [7, 11) is -3.62. The van der Waals surface area contributed by atoms with Gasteiger partial charge in [0.2, 0.25) is 0 Å². The topological polar surface area (TPSA) is 101 Å². The van der Waals surface area contributed by atoms with Crippen molar-refractivity contribution in [2.45, 2.75) is 51.1 Å². The van der Waals surface area contributed by atoms with E-state index in [-0.39, 0.29) is 31.2 Å². The number of likely N-dealkylation sites (tertiary alicyclic amines) is 1. The van der Waals surface area contributed by atoms with Crippen molar-refractivity contribution in [1.82, 2.24) is 4.90 Å². The van der Waals surface area contributed by atoms with Gasteiger partial charge in [-0.25, -0.2) is 4.79 Å². The second-order valence-electron chi connectivity index (χ2n) is 8.77. The summed E-state index contributed by atoms with van der Waals surface area (Å²) in [5.74, 6) is -0.156. The molecule has 0 bridgehead atoms. The van der Waals surface area contributed by atoms with Crippen LogP contribution in [0.3, 0.4) is 0 Å². The zero-order chi connectivity index (χ0) is 24.2. The molecule has 33 heavy (non-hydrogen) atoms. The van der Waals surface area contributed by atoms with Crippen LogP contribution in [-0.2, 0) is 39.0 Å². The van der Waals surface area contributed by atoms with E-state index in [0.29, 0.717) is 45.1 Å². The molecule has 0 spiro atoms. The number of piperidine rings is 1. The normalized spacial score (nSPS) is 15.5. The highest BCUT2D eigenvalue weighted by Crippen LogP contribution is 2.17. The van der Waals surface area contributed by atoms with Gasteiger partial charge in [-0.15, -0.1) is 0 Å². The first kappa shape index (κ1) is 27.5. The molecule has 0 aromatic heterocycles. The van der Waals surface area contributed by atoms with E-state index in [9.17, 15) is 13.2 Å². The lowest BCUT2D eigenvalue weighted by atomic mass is 10.1. The van der Waals surface area contributed by atoms with Crippen molar-refractivity contribution in [3.63, 3.8) is 0 Å². The largest absolute Gasteiger partial charge is 0.444 e. The highest BCUT2D eigenvalue weighted by molar-refractivity contribution is 7.85. The molecule has 10 heteroatoms. The lowest BCUT2D eigenvalue weighted by Crippen LogP contribution is -2.43. The minimum absolute atomic E-state index is 0.0275. The van der Waals surface area contributed by atoms with Crippen LogP contribution in [0, 0.1) is 0 Å². The molecule has 0 N–H and O–H groups in total. The first-order valence-corrected chi connectivity index (χ1v) is 12.9. The summed E-state index contributed by atoms with van der Waals surface area (Å²) in [5.41, 5.74) is 0.195. The SMILES string of the molecule is CC(C)(C)OC(=O)N1CCC(OCCOCCOCCOS(=O)(=O)Cc2ccccc2)CC1. The van der Waals surface area contributed by atoms with Gasteiger partial charge < -0.3 is 23.8 Å². The van der Waals surface area contributed by atoms with Gasteiger partial charge in [-0.3, -0.25) is 4.18 Å². The fourth-order valence-corrected chi connectivity index (χ4v) is 4.17. The predicted octanol–water partition coefficient (Wildman–Crippen LogP) is 2.98. The van der Waals surface area contributed by atoms with E-state index in [1.54, 1.807) is 29.2 Å². The van der Waals surface area contributed by atoms with Crippen molar-refractivity contribution in [3.8, 4) is 0 Å². The lowest BCUT2D eigenvalue weighted by Gasteiger charge is -2.33. The lowest BCUT2D eigenvalue weighted by molar-refractivity contribution is -0.0364. The average molecular weight is 488 g/mol. The quantitative estimate of drug-likeness (QED) is 0.309. The van der Waals surface area contributed by atoms with Crippen LogP contribution in [0.15, 0.2) is 30.3 Å². The maximum Gasteiger partial charge on any atom is 0.410 e. The van der Waals surface area contributed by atoms with Crippen molar-refractivity contribution in [2.24, 2.45) is 0 Å². The Kier molecular flexibility index (Phi) is 11.6. The molecule has 1 aliphatic rings. The number of carbonyl (C=O) groups is 1. The Hall–Kier alpha value is -1.72. The van der Waals surface area contributed by atoms with Crippen molar-refractivity contribution >= 4 is 16.2 Å². The molecule has 1 amide bonds. The second-order valence-corrected chi connectivity index (χ2v) is 10.4. The molecule has 0 unspecified atom stereocenters. The van der Waals surface area contributed by atoms with Crippen molar-refractivity contribution in [1.29, 1.82) is 0 Å². The first-order valence-electron chi connectivity index (χ1n) is 11.3. The summed E-state index contributed by atoms with van der Waals surface area (Å²) in [4.78, 5) is 13.8. The fraction of sp³-hybridized carbons (Fsp3) is 0.696. The average Bonchev–Trinajstić information content (AvgIpc) is 2.74. The number of amides is 1. The van der Waals surface area contributed by atoms with Crippen LogP contribution in [0.4, 0.5) is 4.79 Å². The molecule has 0 aliphatic carbocycles. The van der Waals surface area contributed by atoms with Crippen LogP contribution in [0.25, 0.3) is 0 Å². The van der Waals surface area contributed by atoms with Gasteiger partial charge in [0.05, 0.1) is 45.7 Å². The summed E-state index contributed by atoms with van der Waals surface area (Å²) >= 11 is 0. The van der Waals surface area contributed by atoms with Crippen molar-refractivity contribution < 1.29 is 36.3 Å². The van der Waals surface area contributed by atoms with E-state index in [1.807, 2.05) is 26.8 Å². The molecule has 1 aromatic carbocycles. The van der Waals surface area contributed by atoms with Gasteiger partial charge >= 0.3 is 6.09 Å². The Balaban J connectivity index is 1.42. The van der Waals surface area contributed by atoms with Crippen LogP contribution in [0.1, 0.15) is 39.2 Å². The van der Waals surface area contributed by atoms with E-state index < -0.39 is 15.7 Å². The molecule has 9 nitrogen and oxygen atoms in total. The molecule has 1 heterocycles. The second kappa shape index (κ2) is 13.9. The number of nitrogens with zero attached hydrogens (tertiary/aromatic N) is 1. The maximum absolute atomic E-state index is 12.1. The van der Waals surface area contributed by atoms with Gasteiger partial charge in [0.15, 0.2) is 0 Å². The van der Waals surface area contributed by atoms with Gasteiger partial charge in [0.25, 0.3) is 10.1 Å². The van der Waals surface area contributed by atoms with Gasteiger partial charge in [0.1, 0.15) is 11.4 Å². The molecule has 1 aliphatic heterocycles. The van der Waals surface area contributed by atoms with Gasteiger partial charge in [-0.05, 0) is 39.2 Å². The molecule has 0 atom stereocenters.